The molecule has 2 aliphatic rings. The number of rotatable bonds is 2. The molecule has 0 radical (unpaired) electrons. The number of hydrogen-bond donors (Lipinski definition) is 1. The van der Waals surface area contributed by atoms with Crippen LogP contribution in [0.2, 0.25) is 0 Å². The first kappa shape index (κ1) is 12.7. The van der Waals surface area contributed by atoms with Crippen LogP contribution in [0.5, 0.6) is 5.88 Å². The highest BCUT2D eigenvalue weighted by Gasteiger charge is 2.23. The Morgan fingerprint density at radius 3 is 2.79 bits per heavy atom. The van der Waals surface area contributed by atoms with Crippen LogP contribution < -0.4 is 15.0 Å². The van der Waals surface area contributed by atoms with Crippen molar-refractivity contribution in [3.63, 3.8) is 0 Å². The van der Waals surface area contributed by atoms with Crippen LogP contribution in [0.3, 0.4) is 0 Å². The second-order valence-electron chi connectivity index (χ2n) is 5.55. The number of anilines is 1. The van der Waals surface area contributed by atoms with E-state index in [2.05, 4.69) is 22.1 Å². The third-order valence-corrected chi connectivity index (χ3v) is 4.14. The highest BCUT2D eigenvalue weighted by Crippen LogP contribution is 2.27. The van der Waals surface area contributed by atoms with E-state index in [1.165, 1.54) is 12.8 Å². The SMILES string of the molecule is COc1nc(N2CCC(C)CC2)nc2c1CNCC2. The summed E-state index contributed by atoms with van der Waals surface area (Å²) >= 11 is 0. The molecule has 1 aromatic rings. The van der Waals surface area contributed by atoms with Gasteiger partial charge in [0.25, 0.3) is 0 Å². The summed E-state index contributed by atoms with van der Waals surface area (Å²) < 4.78 is 5.45. The molecule has 0 unspecified atom stereocenters. The third-order valence-electron chi connectivity index (χ3n) is 4.14. The maximum absolute atomic E-state index is 5.45. The lowest BCUT2D eigenvalue weighted by molar-refractivity contribution is 0.382. The molecule has 19 heavy (non-hydrogen) atoms. The van der Waals surface area contributed by atoms with Gasteiger partial charge in [-0.3, -0.25) is 0 Å². The number of nitrogens with one attached hydrogen (secondary N) is 1. The van der Waals surface area contributed by atoms with E-state index in [0.29, 0.717) is 0 Å². The molecule has 104 valence electrons. The van der Waals surface area contributed by atoms with Gasteiger partial charge in [0.05, 0.1) is 12.8 Å². The fourth-order valence-corrected chi connectivity index (χ4v) is 2.82. The Balaban J connectivity index is 1.89. The second kappa shape index (κ2) is 5.33. The van der Waals surface area contributed by atoms with Gasteiger partial charge in [-0.15, -0.1) is 0 Å². The molecule has 0 aromatic carbocycles. The standard InChI is InChI=1S/C14H22N4O/c1-10-4-7-18(8-5-10)14-16-12-3-6-15-9-11(12)13(17-14)19-2/h10,15H,3-9H2,1-2H3. The summed E-state index contributed by atoms with van der Waals surface area (Å²) in [6.45, 7) is 6.24. The Morgan fingerprint density at radius 2 is 2.05 bits per heavy atom. The second-order valence-corrected chi connectivity index (χ2v) is 5.55. The van der Waals surface area contributed by atoms with Crippen LogP contribution in [0.4, 0.5) is 5.95 Å². The summed E-state index contributed by atoms with van der Waals surface area (Å²) in [4.78, 5) is 11.7. The molecule has 5 heteroatoms. The van der Waals surface area contributed by atoms with Gasteiger partial charge in [0, 0.05) is 38.2 Å². The summed E-state index contributed by atoms with van der Waals surface area (Å²) in [5.41, 5.74) is 2.28. The van der Waals surface area contributed by atoms with Gasteiger partial charge >= 0.3 is 0 Å². The predicted octanol–water partition coefficient (Wildman–Crippen LogP) is 1.37. The molecule has 0 aliphatic carbocycles. The average Bonchev–Trinajstić information content (AvgIpc) is 2.47. The molecule has 0 bridgehead atoms. The number of aromatic nitrogens is 2. The zero-order valence-electron chi connectivity index (χ0n) is 11.8. The van der Waals surface area contributed by atoms with E-state index in [1.807, 2.05) is 0 Å². The molecular weight excluding hydrogens is 240 g/mol. The van der Waals surface area contributed by atoms with Crippen molar-refractivity contribution < 1.29 is 4.74 Å². The van der Waals surface area contributed by atoms with Gasteiger partial charge in [-0.1, -0.05) is 6.92 Å². The van der Waals surface area contributed by atoms with E-state index < -0.39 is 0 Å². The molecule has 0 atom stereocenters. The van der Waals surface area contributed by atoms with E-state index in [1.54, 1.807) is 7.11 Å². The van der Waals surface area contributed by atoms with E-state index in [4.69, 9.17) is 9.72 Å². The lowest BCUT2D eigenvalue weighted by Crippen LogP contribution is -2.35. The summed E-state index contributed by atoms with van der Waals surface area (Å²) in [6.07, 6.45) is 3.42. The van der Waals surface area contributed by atoms with Crippen molar-refractivity contribution in [1.82, 2.24) is 15.3 Å². The number of fused-ring (bicyclic) bond motifs is 1. The molecule has 3 heterocycles. The van der Waals surface area contributed by atoms with Crippen molar-refractivity contribution in [1.29, 1.82) is 0 Å². The van der Waals surface area contributed by atoms with Crippen LogP contribution in [0.1, 0.15) is 31.0 Å². The zero-order chi connectivity index (χ0) is 13.2. The average molecular weight is 262 g/mol. The predicted molar refractivity (Wildman–Crippen MR) is 74.6 cm³/mol. The normalized spacial score (nSPS) is 20.2. The zero-order valence-corrected chi connectivity index (χ0v) is 11.8. The minimum atomic E-state index is 0.742. The maximum atomic E-state index is 5.45. The van der Waals surface area contributed by atoms with Gasteiger partial charge in [-0.2, -0.15) is 4.98 Å². The van der Waals surface area contributed by atoms with Gasteiger partial charge in [0.2, 0.25) is 11.8 Å². The van der Waals surface area contributed by atoms with E-state index in [9.17, 15) is 0 Å². The first-order valence-corrected chi connectivity index (χ1v) is 7.17. The van der Waals surface area contributed by atoms with Crippen LogP contribution in [0, 0.1) is 5.92 Å². The Morgan fingerprint density at radius 1 is 1.26 bits per heavy atom. The van der Waals surface area contributed by atoms with Crippen LogP contribution >= 0.6 is 0 Å². The van der Waals surface area contributed by atoms with Crippen LogP contribution in [0.25, 0.3) is 0 Å². The molecule has 2 aliphatic heterocycles. The van der Waals surface area contributed by atoms with Gasteiger partial charge in [0.1, 0.15) is 0 Å². The Kier molecular flexibility index (Phi) is 3.55. The Bertz CT molecular complexity index is 438. The van der Waals surface area contributed by atoms with Crippen LogP contribution in [-0.4, -0.2) is 36.7 Å². The van der Waals surface area contributed by atoms with Gasteiger partial charge in [-0.25, -0.2) is 4.98 Å². The molecule has 0 saturated carbocycles. The minimum absolute atomic E-state index is 0.742. The smallest absolute Gasteiger partial charge is 0.228 e. The summed E-state index contributed by atoms with van der Waals surface area (Å²) in [6, 6.07) is 0. The first-order valence-electron chi connectivity index (χ1n) is 7.17. The number of piperidine rings is 1. The summed E-state index contributed by atoms with van der Waals surface area (Å²) in [5.74, 6) is 2.41. The lowest BCUT2D eigenvalue weighted by Gasteiger charge is -2.31. The molecule has 0 amide bonds. The minimum Gasteiger partial charge on any atom is -0.481 e. The Labute approximate surface area is 114 Å². The van der Waals surface area contributed by atoms with Crippen molar-refractivity contribution in [2.24, 2.45) is 5.92 Å². The van der Waals surface area contributed by atoms with Crippen molar-refractivity contribution in [2.75, 3.05) is 31.6 Å². The quantitative estimate of drug-likeness (QED) is 0.872. The monoisotopic (exact) mass is 262 g/mol. The number of methoxy groups -OCH3 is 1. The molecule has 0 spiro atoms. The van der Waals surface area contributed by atoms with Crippen LogP contribution in [-0.2, 0) is 13.0 Å². The molecular formula is C14H22N4O. The molecule has 1 N–H and O–H groups in total. The van der Waals surface area contributed by atoms with Gasteiger partial charge in [0.15, 0.2) is 0 Å². The molecule has 1 saturated heterocycles. The molecule has 1 fully saturated rings. The van der Waals surface area contributed by atoms with Crippen molar-refractivity contribution in [2.45, 2.75) is 32.7 Å². The maximum Gasteiger partial charge on any atom is 0.228 e. The third kappa shape index (κ3) is 2.52. The topological polar surface area (TPSA) is 50.3 Å². The highest BCUT2D eigenvalue weighted by molar-refractivity contribution is 5.41. The Hall–Kier alpha value is -1.36. The van der Waals surface area contributed by atoms with Crippen LogP contribution in [0.15, 0.2) is 0 Å². The summed E-state index contributed by atoms with van der Waals surface area (Å²) in [5, 5.41) is 3.35. The van der Waals surface area contributed by atoms with Crippen molar-refractivity contribution >= 4 is 5.95 Å². The highest BCUT2D eigenvalue weighted by atomic mass is 16.5. The number of ether oxygens (including phenoxy) is 1. The molecule has 1 aromatic heterocycles. The largest absolute Gasteiger partial charge is 0.481 e. The fraction of sp³-hybridized carbons (Fsp3) is 0.714. The van der Waals surface area contributed by atoms with E-state index >= 15 is 0 Å². The van der Waals surface area contributed by atoms with Gasteiger partial charge < -0.3 is 15.0 Å². The van der Waals surface area contributed by atoms with Crippen molar-refractivity contribution in [3.8, 4) is 5.88 Å². The summed E-state index contributed by atoms with van der Waals surface area (Å²) in [7, 11) is 1.69. The number of nitrogens with zero attached hydrogens (tertiary/aromatic N) is 3. The van der Waals surface area contributed by atoms with Gasteiger partial charge in [-0.05, 0) is 18.8 Å². The first-order chi connectivity index (χ1) is 9.28. The van der Waals surface area contributed by atoms with E-state index in [-0.39, 0.29) is 0 Å². The number of hydrogen-bond acceptors (Lipinski definition) is 5. The molecule has 3 rings (SSSR count). The van der Waals surface area contributed by atoms with E-state index in [0.717, 1.165) is 61.6 Å². The lowest BCUT2D eigenvalue weighted by atomic mass is 9.99. The fourth-order valence-electron chi connectivity index (χ4n) is 2.82. The van der Waals surface area contributed by atoms with Crippen molar-refractivity contribution in [3.05, 3.63) is 11.3 Å². The molecule has 5 nitrogen and oxygen atoms in total.